The number of benzene rings is 2. The van der Waals surface area contributed by atoms with Gasteiger partial charge in [0.1, 0.15) is 0 Å². The lowest BCUT2D eigenvalue weighted by Crippen LogP contribution is -1.96. The standard InChI is InChI=1S/C22H18N6S/c1-2-27-19-8-4-3-7-17(19)18-12-15(9-10-20(18)27)13-24-28-21(25-26-22(28)29)16-6-5-11-23-14-16/h3-14H,2H2,1H3,(H,26,29)/b24-13+. The van der Waals surface area contributed by atoms with E-state index in [9.17, 15) is 0 Å². The van der Waals surface area contributed by atoms with Gasteiger partial charge in [0, 0.05) is 46.3 Å². The summed E-state index contributed by atoms with van der Waals surface area (Å²) >= 11 is 5.35. The summed E-state index contributed by atoms with van der Waals surface area (Å²) in [5.41, 5.74) is 4.31. The van der Waals surface area contributed by atoms with E-state index in [1.54, 1.807) is 17.1 Å². The molecule has 5 aromatic rings. The highest BCUT2D eigenvalue weighted by atomic mass is 32.1. The van der Waals surface area contributed by atoms with Gasteiger partial charge >= 0.3 is 0 Å². The zero-order valence-corrected chi connectivity index (χ0v) is 16.6. The SMILES string of the molecule is CCn1c2ccccc2c2cc(/C=N/n3c(-c4cccnc4)n[nH]c3=S)ccc21. The van der Waals surface area contributed by atoms with E-state index in [1.807, 2.05) is 18.3 Å². The number of pyridine rings is 1. The molecule has 0 aliphatic heterocycles. The lowest BCUT2D eigenvalue weighted by Gasteiger charge is -2.03. The normalized spacial score (nSPS) is 11.8. The molecule has 2 aromatic carbocycles. The van der Waals surface area contributed by atoms with Crippen molar-refractivity contribution in [2.45, 2.75) is 13.5 Å². The van der Waals surface area contributed by atoms with E-state index in [1.165, 1.54) is 21.8 Å². The van der Waals surface area contributed by atoms with Gasteiger partial charge in [0.15, 0.2) is 5.82 Å². The first-order valence-electron chi connectivity index (χ1n) is 9.39. The minimum atomic E-state index is 0.434. The molecule has 0 aliphatic rings. The molecule has 142 valence electrons. The van der Waals surface area contributed by atoms with Crippen molar-refractivity contribution in [2.75, 3.05) is 0 Å². The third kappa shape index (κ3) is 2.96. The number of rotatable bonds is 4. The predicted octanol–water partition coefficient (Wildman–Crippen LogP) is 5.01. The largest absolute Gasteiger partial charge is 0.341 e. The Labute approximate surface area is 172 Å². The molecule has 7 heteroatoms. The topological polar surface area (TPSA) is 63.8 Å². The van der Waals surface area contributed by atoms with E-state index in [-0.39, 0.29) is 0 Å². The quantitative estimate of drug-likeness (QED) is 0.342. The Morgan fingerprint density at radius 2 is 1.93 bits per heavy atom. The molecule has 3 heterocycles. The summed E-state index contributed by atoms with van der Waals surface area (Å²) in [6, 6.07) is 18.7. The number of nitrogens with zero attached hydrogens (tertiary/aromatic N) is 5. The lowest BCUT2D eigenvalue weighted by molar-refractivity contribution is 0.827. The van der Waals surface area contributed by atoms with E-state index in [0.717, 1.165) is 17.7 Å². The molecule has 0 amide bonds. The molecule has 6 nitrogen and oxygen atoms in total. The lowest BCUT2D eigenvalue weighted by atomic mass is 10.1. The third-order valence-electron chi connectivity index (χ3n) is 5.01. The van der Waals surface area contributed by atoms with E-state index >= 15 is 0 Å². The maximum Gasteiger partial charge on any atom is 0.216 e. The number of hydrogen-bond acceptors (Lipinski definition) is 4. The Morgan fingerprint density at radius 1 is 1.07 bits per heavy atom. The highest BCUT2D eigenvalue weighted by Crippen LogP contribution is 2.29. The van der Waals surface area contributed by atoms with Crippen molar-refractivity contribution in [3.63, 3.8) is 0 Å². The van der Waals surface area contributed by atoms with Crippen LogP contribution in [0.5, 0.6) is 0 Å². The molecule has 1 N–H and O–H groups in total. The number of H-pyrrole nitrogens is 1. The van der Waals surface area contributed by atoms with Crippen molar-refractivity contribution in [3.8, 4) is 11.4 Å². The van der Waals surface area contributed by atoms with Gasteiger partial charge in [0.05, 0.1) is 6.21 Å². The van der Waals surface area contributed by atoms with Crippen molar-refractivity contribution >= 4 is 40.2 Å². The average Bonchev–Trinajstić information content (AvgIpc) is 3.30. The molecule has 3 aromatic heterocycles. The number of aromatic nitrogens is 5. The summed E-state index contributed by atoms with van der Waals surface area (Å²) in [4.78, 5) is 4.15. The second-order valence-electron chi connectivity index (χ2n) is 6.69. The molecule has 0 atom stereocenters. The number of para-hydroxylation sites is 1. The van der Waals surface area contributed by atoms with Gasteiger partial charge in [0.25, 0.3) is 0 Å². The van der Waals surface area contributed by atoms with Crippen LogP contribution in [-0.2, 0) is 6.54 Å². The number of aromatic amines is 1. The van der Waals surface area contributed by atoms with Crippen LogP contribution in [0.4, 0.5) is 0 Å². The van der Waals surface area contributed by atoms with Crippen LogP contribution in [0.2, 0.25) is 0 Å². The Balaban J connectivity index is 1.60. The van der Waals surface area contributed by atoms with Crippen LogP contribution in [0.1, 0.15) is 12.5 Å². The third-order valence-corrected chi connectivity index (χ3v) is 5.27. The number of nitrogens with one attached hydrogen (secondary N) is 1. The van der Waals surface area contributed by atoms with Gasteiger partial charge in [-0.25, -0.2) is 5.10 Å². The van der Waals surface area contributed by atoms with Crippen molar-refractivity contribution in [3.05, 3.63) is 77.3 Å². The molecular weight excluding hydrogens is 380 g/mol. The first-order chi connectivity index (χ1) is 14.3. The van der Waals surface area contributed by atoms with E-state index < -0.39 is 0 Å². The molecular formula is C22H18N6S. The van der Waals surface area contributed by atoms with E-state index in [2.05, 4.69) is 74.2 Å². The fourth-order valence-electron chi connectivity index (χ4n) is 3.70. The fraction of sp³-hybridized carbons (Fsp3) is 0.0909. The van der Waals surface area contributed by atoms with E-state index in [4.69, 9.17) is 12.2 Å². The molecule has 0 bridgehead atoms. The summed E-state index contributed by atoms with van der Waals surface area (Å²) in [7, 11) is 0. The van der Waals surface area contributed by atoms with Crippen LogP contribution in [0.15, 0.2) is 72.1 Å². The van der Waals surface area contributed by atoms with Crippen LogP contribution < -0.4 is 0 Å². The van der Waals surface area contributed by atoms with Gasteiger partial charge in [-0.2, -0.15) is 14.9 Å². The maximum absolute atomic E-state index is 5.35. The van der Waals surface area contributed by atoms with Gasteiger partial charge in [-0.15, -0.1) is 0 Å². The molecule has 0 fully saturated rings. The minimum absolute atomic E-state index is 0.434. The molecule has 0 spiro atoms. The Bertz CT molecular complexity index is 1410. The number of hydrogen-bond donors (Lipinski definition) is 1. The summed E-state index contributed by atoms with van der Waals surface area (Å²) in [5, 5.41) is 14.1. The van der Waals surface area contributed by atoms with Crippen molar-refractivity contribution in [1.29, 1.82) is 0 Å². The van der Waals surface area contributed by atoms with Crippen molar-refractivity contribution < 1.29 is 0 Å². The second kappa shape index (κ2) is 7.10. The molecule has 0 unspecified atom stereocenters. The van der Waals surface area contributed by atoms with Gasteiger partial charge < -0.3 is 4.57 Å². The van der Waals surface area contributed by atoms with Crippen LogP contribution in [0.25, 0.3) is 33.2 Å². The van der Waals surface area contributed by atoms with Crippen LogP contribution in [0, 0.1) is 4.77 Å². The van der Waals surface area contributed by atoms with Gasteiger partial charge in [-0.1, -0.05) is 24.3 Å². The highest BCUT2D eigenvalue weighted by molar-refractivity contribution is 7.71. The van der Waals surface area contributed by atoms with Gasteiger partial charge in [-0.3, -0.25) is 4.98 Å². The summed E-state index contributed by atoms with van der Waals surface area (Å²) in [5.74, 6) is 0.628. The minimum Gasteiger partial charge on any atom is -0.341 e. The number of fused-ring (bicyclic) bond motifs is 3. The summed E-state index contributed by atoms with van der Waals surface area (Å²) in [6.07, 6.45) is 5.27. The average molecular weight is 398 g/mol. The molecule has 0 saturated heterocycles. The van der Waals surface area contributed by atoms with Crippen LogP contribution in [0.3, 0.4) is 0 Å². The predicted molar refractivity (Wildman–Crippen MR) is 119 cm³/mol. The van der Waals surface area contributed by atoms with Gasteiger partial charge in [0.2, 0.25) is 4.77 Å². The van der Waals surface area contributed by atoms with Crippen LogP contribution >= 0.6 is 12.2 Å². The Morgan fingerprint density at radius 3 is 2.76 bits per heavy atom. The summed E-state index contributed by atoms with van der Waals surface area (Å²) in [6.45, 7) is 3.10. The molecule has 0 aliphatic carbocycles. The molecule has 29 heavy (non-hydrogen) atoms. The maximum atomic E-state index is 5.35. The van der Waals surface area contributed by atoms with Gasteiger partial charge in [-0.05, 0) is 55.0 Å². The van der Waals surface area contributed by atoms with Crippen molar-refractivity contribution in [1.82, 2.24) is 24.4 Å². The number of aryl methyl sites for hydroxylation is 1. The van der Waals surface area contributed by atoms with E-state index in [0.29, 0.717) is 10.6 Å². The second-order valence-corrected chi connectivity index (χ2v) is 7.08. The first-order valence-corrected chi connectivity index (χ1v) is 9.80. The molecule has 0 radical (unpaired) electrons. The Hall–Kier alpha value is -3.58. The Kier molecular flexibility index (Phi) is 4.29. The monoisotopic (exact) mass is 398 g/mol. The molecule has 0 saturated carbocycles. The summed E-state index contributed by atoms with van der Waals surface area (Å²) < 4.78 is 4.38. The van der Waals surface area contributed by atoms with Crippen LogP contribution in [-0.4, -0.2) is 30.6 Å². The zero-order chi connectivity index (χ0) is 19.8. The smallest absolute Gasteiger partial charge is 0.216 e. The highest BCUT2D eigenvalue weighted by Gasteiger charge is 2.10. The first kappa shape index (κ1) is 17.5. The molecule has 5 rings (SSSR count). The fourth-order valence-corrected chi connectivity index (χ4v) is 3.88. The van der Waals surface area contributed by atoms with Crippen molar-refractivity contribution in [2.24, 2.45) is 5.10 Å². The zero-order valence-electron chi connectivity index (χ0n) is 15.8.